The van der Waals surface area contributed by atoms with E-state index in [9.17, 15) is 0 Å². The molecule has 0 aliphatic heterocycles. The Balaban J connectivity index is 0.00000400. The van der Waals surface area contributed by atoms with Crippen LogP contribution in [0.4, 0.5) is 0 Å². The van der Waals surface area contributed by atoms with Crippen molar-refractivity contribution in [3.63, 3.8) is 0 Å². The first kappa shape index (κ1) is 20.4. The van der Waals surface area contributed by atoms with E-state index in [-0.39, 0.29) is 36.1 Å². The van der Waals surface area contributed by atoms with E-state index in [2.05, 4.69) is 10.3 Å². The number of halogens is 2. The van der Waals surface area contributed by atoms with Crippen molar-refractivity contribution in [2.45, 2.75) is 19.1 Å². The molecule has 1 rings (SSSR count). The molecule has 0 saturated carbocycles. The van der Waals surface area contributed by atoms with Gasteiger partial charge in [0.25, 0.3) is 0 Å². The largest absolute Gasteiger partial charge is 0.383 e. The molecule has 0 aromatic heterocycles. The molecule has 0 saturated heterocycles. The first-order valence-electron chi connectivity index (χ1n) is 6.40. The van der Waals surface area contributed by atoms with Crippen LogP contribution in [0.3, 0.4) is 0 Å². The van der Waals surface area contributed by atoms with Crippen molar-refractivity contribution in [1.82, 2.24) is 5.32 Å². The summed E-state index contributed by atoms with van der Waals surface area (Å²) in [5.41, 5.74) is 6.79. The van der Waals surface area contributed by atoms with Gasteiger partial charge in [0.1, 0.15) is 6.10 Å². The maximum atomic E-state index is 5.97. The van der Waals surface area contributed by atoms with Gasteiger partial charge in [-0.1, -0.05) is 23.7 Å². The van der Waals surface area contributed by atoms with Gasteiger partial charge in [0.05, 0.1) is 13.2 Å². The van der Waals surface area contributed by atoms with E-state index in [0.717, 1.165) is 5.56 Å². The van der Waals surface area contributed by atoms with E-state index in [4.69, 9.17) is 26.8 Å². The number of aliphatic imine (C=N–C) groups is 1. The highest BCUT2D eigenvalue weighted by Gasteiger charge is 2.10. The SMILES string of the molecule is COCC(C)NC(N)=NCC(OC)c1cccc(Cl)c1.I. The second-order valence-corrected chi connectivity index (χ2v) is 4.94. The van der Waals surface area contributed by atoms with Gasteiger partial charge in [0, 0.05) is 25.3 Å². The van der Waals surface area contributed by atoms with Gasteiger partial charge in [-0.25, -0.2) is 0 Å². The summed E-state index contributed by atoms with van der Waals surface area (Å²) in [4.78, 5) is 4.28. The molecular formula is C14H23ClIN3O2. The topological polar surface area (TPSA) is 68.9 Å². The lowest BCUT2D eigenvalue weighted by atomic mass is 10.1. The van der Waals surface area contributed by atoms with Gasteiger partial charge in [0.2, 0.25) is 0 Å². The molecule has 0 fully saturated rings. The van der Waals surface area contributed by atoms with Crippen LogP contribution in [0, 0.1) is 0 Å². The highest BCUT2D eigenvalue weighted by Crippen LogP contribution is 2.20. The molecular weight excluding hydrogens is 405 g/mol. The monoisotopic (exact) mass is 427 g/mol. The average molecular weight is 428 g/mol. The van der Waals surface area contributed by atoms with Gasteiger partial charge in [-0.15, -0.1) is 24.0 Å². The molecule has 7 heteroatoms. The third-order valence-corrected chi connectivity index (χ3v) is 2.98. The summed E-state index contributed by atoms with van der Waals surface area (Å²) >= 11 is 5.97. The molecule has 2 atom stereocenters. The molecule has 3 N–H and O–H groups in total. The molecule has 5 nitrogen and oxygen atoms in total. The van der Waals surface area contributed by atoms with E-state index in [1.807, 2.05) is 31.2 Å². The van der Waals surface area contributed by atoms with Crippen LogP contribution >= 0.6 is 35.6 Å². The molecule has 0 spiro atoms. The number of guanidine groups is 1. The maximum absolute atomic E-state index is 5.97. The van der Waals surface area contributed by atoms with E-state index < -0.39 is 0 Å². The Morgan fingerprint density at radius 3 is 2.71 bits per heavy atom. The van der Waals surface area contributed by atoms with Crippen LogP contribution in [0.25, 0.3) is 0 Å². The summed E-state index contributed by atoms with van der Waals surface area (Å²) in [7, 11) is 3.28. The number of nitrogens with zero attached hydrogens (tertiary/aromatic N) is 1. The zero-order valence-electron chi connectivity index (χ0n) is 12.5. The summed E-state index contributed by atoms with van der Waals surface area (Å²) in [5.74, 6) is 0.374. The molecule has 21 heavy (non-hydrogen) atoms. The Morgan fingerprint density at radius 1 is 1.43 bits per heavy atom. The van der Waals surface area contributed by atoms with Crippen LogP contribution in [0.1, 0.15) is 18.6 Å². The fraction of sp³-hybridized carbons (Fsp3) is 0.500. The first-order chi connectivity index (χ1) is 9.56. The predicted octanol–water partition coefficient (Wildman–Crippen LogP) is 2.58. The second kappa shape index (κ2) is 11.1. The lowest BCUT2D eigenvalue weighted by molar-refractivity contribution is 0.111. The number of hydrogen-bond acceptors (Lipinski definition) is 3. The first-order valence-corrected chi connectivity index (χ1v) is 6.78. The number of rotatable bonds is 7. The van der Waals surface area contributed by atoms with Crippen molar-refractivity contribution in [3.8, 4) is 0 Å². The van der Waals surface area contributed by atoms with Crippen LogP contribution in [0.5, 0.6) is 0 Å². The molecule has 0 aliphatic rings. The molecule has 0 radical (unpaired) electrons. The minimum atomic E-state index is -0.174. The van der Waals surface area contributed by atoms with E-state index >= 15 is 0 Å². The quantitative estimate of drug-likeness (QED) is 0.399. The van der Waals surface area contributed by atoms with Gasteiger partial charge in [0.15, 0.2) is 5.96 Å². The third-order valence-electron chi connectivity index (χ3n) is 2.74. The lowest BCUT2D eigenvalue weighted by Gasteiger charge is -2.16. The Hall–Kier alpha value is -0.570. The zero-order valence-corrected chi connectivity index (χ0v) is 15.6. The average Bonchev–Trinajstić information content (AvgIpc) is 2.39. The molecule has 0 heterocycles. The summed E-state index contributed by atoms with van der Waals surface area (Å²) in [5, 5.41) is 3.72. The minimum absolute atomic E-state index is 0. The van der Waals surface area contributed by atoms with Crippen LogP contribution in [0.2, 0.25) is 5.02 Å². The van der Waals surface area contributed by atoms with Gasteiger partial charge >= 0.3 is 0 Å². The molecule has 2 unspecified atom stereocenters. The standard InChI is InChI=1S/C14H22ClN3O2.HI/c1-10(9-19-2)18-14(16)17-8-13(20-3)11-5-4-6-12(15)7-11;/h4-7,10,13H,8-9H2,1-3H3,(H3,16,17,18);1H. The minimum Gasteiger partial charge on any atom is -0.383 e. The molecule has 1 aromatic carbocycles. The van der Waals surface area contributed by atoms with Crippen LogP contribution in [-0.4, -0.2) is 39.4 Å². The van der Waals surface area contributed by atoms with Crippen molar-refractivity contribution in [1.29, 1.82) is 0 Å². The summed E-state index contributed by atoms with van der Waals surface area (Å²) < 4.78 is 10.4. The summed E-state index contributed by atoms with van der Waals surface area (Å²) in [6, 6.07) is 7.63. The Kier molecular flexibility index (Phi) is 10.8. The number of methoxy groups -OCH3 is 2. The Morgan fingerprint density at radius 2 is 2.14 bits per heavy atom. The normalized spacial score (nSPS) is 14.2. The Labute approximate surface area is 148 Å². The molecule has 0 bridgehead atoms. The summed E-state index contributed by atoms with van der Waals surface area (Å²) in [6.07, 6.45) is -0.174. The lowest BCUT2D eigenvalue weighted by Crippen LogP contribution is -2.40. The molecule has 0 amide bonds. The van der Waals surface area contributed by atoms with Crippen molar-refractivity contribution in [3.05, 3.63) is 34.9 Å². The predicted molar refractivity (Wildman–Crippen MR) is 97.6 cm³/mol. The highest BCUT2D eigenvalue weighted by molar-refractivity contribution is 14.0. The molecule has 120 valence electrons. The van der Waals surface area contributed by atoms with Crippen molar-refractivity contribution >= 4 is 41.5 Å². The number of nitrogens with one attached hydrogen (secondary N) is 1. The van der Waals surface area contributed by atoms with Crippen LogP contribution < -0.4 is 11.1 Å². The van der Waals surface area contributed by atoms with Crippen molar-refractivity contribution < 1.29 is 9.47 Å². The Bertz CT molecular complexity index is 446. The van der Waals surface area contributed by atoms with Gasteiger partial charge in [-0.05, 0) is 24.6 Å². The van der Waals surface area contributed by atoms with E-state index in [0.29, 0.717) is 24.1 Å². The molecule has 0 aliphatic carbocycles. The van der Waals surface area contributed by atoms with Gasteiger partial charge in [-0.3, -0.25) is 4.99 Å². The fourth-order valence-corrected chi connectivity index (χ4v) is 1.99. The maximum Gasteiger partial charge on any atom is 0.188 e. The summed E-state index contributed by atoms with van der Waals surface area (Å²) in [6.45, 7) is 2.96. The number of ether oxygens (including phenoxy) is 2. The number of hydrogen-bond donors (Lipinski definition) is 2. The third kappa shape index (κ3) is 7.85. The van der Waals surface area contributed by atoms with Crippen molar-refractivity contribution in [2.75, 3.05) is 27.4 Å². The van der Waals surface area contributed by atoms with Crippen LogP contribution in [0.15, 0.2) is 29.3 Å². The fourth-order valence-electron chi connectivity index (χ4n) is 1.79. The molecule has 1 aromatic rings. The zero-order chi connectivity index (χ0) is 15.0. The van der Waals surface area contributed by atoms with Gasteiger partial charge in [-0.2, -0.15) is 0 Å². The van der Waals surface area contributed by atoms with E-state index in [1.54, 1.807) is 14.2 Å². The van der Waals surface area contributed by atoms with E-state index in [1.165, 1.54) is 0 Å². The van der Waals surface area contributed by atoms with Crippen molar-refractivity contribution in [2.24, 2.45) is 10.7 Å². The number of benzene rings is 1. The van der Waals surface area contributed by atoms with Crippen LogP contribution in [-0.2, 0) is 9.47 Å². The number of nitrogens with two attached hydrogens (primary N) is 1. The van der Waals surface area contributed by atoms with Gasteiger partial charge < -0.3 is 20.5 Å². The second-order valence-electron chi connectivity index (χ2n) is 4.51. The smallest absolute Gasteiger partial charge is 0.188 e. The highest BCUT2D eigenvalue weighted by atomic mass is 127.